The van der Waals surface area contributed by atoms with Crippen molar-refractivity contribution in [1.82, 2.24) is 9.97 Å². The first-order valence-electron chi connectivity index (χ1n) is 6.45. The second-order valence-corrected chi connectivity index (χ2v) is 7.38. The predicted octanol–water partition coefficient (Wildman–Crippen LogP) is 4.84. The van der Waals surface area contributed by atoms with Gasteiger partial charge < -0.3 is 5.73 Å². The Balaban J connectivity index is 1.94. The number of benzene rings is 1. The van der Waals surface area contributed by atoms with Crippen molar-refractivity contribution in [3.63, 3.8) is 0 Å². The van der Waals surface area contributed by atoms with Crippen LogP contribution in [0.2, 0.25) is 5.02 Å². The average molecular weight is 336 g/mol. The van der Waals surface area contributed by atoms with Crippen LogP contribution in [0.3, 0.4) is 0 Å². The number of pyridine rings is 1. The molecule has 3 nitrogen and oxygen atoms in total. The third-order valence-corrected chi connectivity index (χ3v) is 6.12. The Hall–Kier alpha value is -1.30. The van der Waals surface area contributed by atoms with Crippen molar-refractivity contribution in [3.05, 3.63) is 46.2 Å². The smallest absolute Gasteiger partial charge is 0.181 e. The van der Waals surface area contributed by atoms with E-state index >= 15 is 0 Å². The lowest BCUT2D eigenvalue weighted by molar-refractivity contribution is 1.19. The number of aryl methyl sites for hydroxylation is 2. The summed E-state index contributed by atoms with van der Waals surface area (Å²) in [6, 6.07) is 8.07. The molecule has 108 valence electrons. The van der Waals surface area contributed by atoms with E-state index in [1.807, 2.05) is 32.0 Å². The zero-order valence-corrected chi connectivity index (χ0v) is 14.1. The van der Waals surface area contributed by atoms with Gasteiger partial charge in [0.15, 0.2) is 5.13 Å². The molecule has 3 rings (SSSR count). The van der Waals surface area contributed by atoms with Crippen molar-refractivity contribution < 1.29 is 0 Å². The molecule has 0 aliphatic carbocycles. The molecule has 21 heavy (non-hydrogen) atoms. The number of hydrogen-bond acceptors (Lipinski definition) is 5. The number of nitrogen functional groups attached to an aromatic ring is 1. The van der Waals surface area contributed by atoms with E-state index in [0.717, 1.165) is 37.1 Å². The van der Waals surface area contributed by atoms with E-state index in [9.17, 15) is 0 Å². The van der Waals surface area contributed by atoms with Crippen LogP contribution in [0, 0.1) is 13.8 Å². The van der Waals surface area contributed by atoms with Crippen LogP contribution in [0.1, 0.15) is 17.0 Å². The summed E-state index contributed by atoms with van der Waals surface area (Å²) in [7, 11) is 0. The number of para-hydroxylation sites is 1. The molecule has 2 heterocycles. The zero-order chi connectivity index (χ0) is 15.0. The highest BCUT2D eigenvalue weighted by atomic mass is 35.5. The second-order valence-electron chi connectivity index (χ2n) is 4.73. The Labute approximate surface area is 136 Å². The lowest BCUT2D eigenvalue weighted by Gasteiger charge is -2.09. The van der Waals surface area contributed by atoms with E-state index in [1.54, 1.807) is 11.8 Å². The normalized spacial score (nSPS) is 11.2. The number of nitrogens with two attached hydrogens (primary N) is 1. The van der Waals surface area contributed by atoms with Crippen molar-refractivity contribution in [3.8, 4) is 0 Å². The van der Waals surface area contributed by atoms with Gasteiger partial charge in [0.05, 0.1) is 26.1 Å². The van der Waals surface area contributed by atoms with E-state index in [-0.39, 0.29) is 0 Å². The van der Waals surface area contributed by atoms with E-state index in [2.05, 4.69) is 16.0 Å². The number of thioether (sulfide) groups is 1. The molecule has 0 aliphatic heterocycles. The summed E-state index contributed by atoms with van der Waals surface area (Å²) in [6.45, 7) is 4.01. The molecule has 3 aromatic rings. The third-order valence-electron chi connectivity index (χ3n) is 3.26. The SMILES string of the molecule is Cc1nc(N)sc1SCc1nc2ccccc2c(C)c1Cl. The molecule has 0 atom stereocenters. The van der Waals surface area contributed by atoms with Crippen molar-refractivity contribution in [2.24, 2.45) is 0 Å². The van der Waals surface area contributed by atoms with Crippen LogP contribution in [0.5, 0.6) is 0 Å². The Bertz CT molecular complexity index is 814. The third kappa shape index (κ3) is 2.86. The molecular weight excluding hydrogens is 322 g/mol. The summed E-state index contributed by atoms with van der Waals surface area (Å²) in [5.74, 6) is 0.715. The van der Waals surface area contributed by atoms with Crippen molar-refractivity contribution in [2.45, 2.75) is 23.8 Å². The fraction of sp³-hybridized carbons (Fsp3) is 0.200. The van der Waals surface area contributed by atoms with Crippen LogP contribution in [-0.2, 0) is 5.75 Å². The van der Waals surface area contributed by atoms with Gasteiger partial charge in [-0.3, -0.25) is 4.98 Å². The number of thiazole rings is 1. The lowest BCUT2D eigenvalue weighted by atomic mass is 10.1. The molecule has 0 unspecified atom stereocenters. The molecule has 0 radical (unpaired) electrons. The van der Waals surface area contributed by atoms with Crippen molar-refractivity contribution in [1.29, 1.82) is 0 Å². The lowest BCUT2D eigenvalue weighted by Crippen LogP contribution is -1.94. The van der Waals surface area contributed by atoms with E-state index in [4.69, 9.17) is 17.3 Å². The van der Waals surface area contributed by atoms with Crippen LogP contribution >= 0.6 is 34.7 Å². The van der Waals surface area contributed by atoms with Gasteiger partial charge in [0.1, 0.15) is 0 Å². The highest BCUT2D eigenvalue weighted by molar-refractivity contribution is 8.00. The highest BCUT2D eigenvalue weighted by Gasteiger charge is 2.12. The molecule has 0 spiro atoms. The quantitative estimate of drug-likeness (QED) is 0.696. The molecular formula is C15H14ClN3S2. The number of anilines is 1. The number of halogens is 1. The Morgan fingerprint density at radius 1 is 1.24 bits per heavy atom. The van der Waals surface area contributed by atoms with Gasteiger partial charge >= 0.3 is 0 Å². The van der Waals surface area contributed by atoms with Crippen LogP contribution in [0.15, 0.2) is 28.5 Å². The Kier molecular flexibility index (Phi) is 4.06. The maximum atomic E-state index is 6.47. The minimum Gasteiger partial charge on any atom is -0.375 e. The standard InChI is InChI=1S/C15H14ClN3S2/c1-8-10-5-3-4-6-11(10)19-12(13(8)16)7-20-14-9(2)18-15(17)21-14/h3-6H,7H2,1-2H3,(H2,17,18). The first-order chi connectivity index (χ1) is 10.1. The minimum absolute atomic E-state index is 0.601. The number of aromatic nitrogens is 2. The van der Waals surface area contributed by atoms with Crippen LogP contribution < -0.4 is 5.73 Å². The molecule has 0 saturated carbocycles. The molecule has 1 aromatic carbocycles. The molecule has 0 bridgehead atoms. The van der Waals surface area contributed by atoms with Gasteiger partial charge in [-0.25, -0.2) is 4.98 Å². The summed E-state index contributed by atoms with van der Waals surface area (Å²) in [6.07, 6.45) is 0. The molecule has 2 aromatic heterocycles. The first kappa shape index (κ1) is 14.6. The number of nitrogens with zero attached hydrogens (tertiary/aromatic N) is 2. The summed E-state index contributed by atoms with van der Waals surface area (Å²) < 4.78 is 1.12. The van der Waals surface area contributed by atoms with Gasteiger partial charge in [-0.2, -0.15) is 0 Å². The number of fused-ring (bicyclic) bond motifs is 1. The summed E-state index contributed by atoms with van der Waals surface area (Å²) in [4.78, 5) is 8.92. The fourth-order valence-electron chi connectivity index (χ4n) is 2.18. The topological polar surface area (TPSA) is 51.8 Å². The number of rotatable bonds is 3. The van der Waals surface area contributed by atoms with Gasteiger partial charge in [-0.1, -0.05) is 41.1 Å². The van der Waals surface area contributed by atoms with E-state index in [0.29, 0.717) is 10.9 Å². The largest absolute Gasteiger partial charge is 0.375 e. The van der Waals surface area contributed by atoms with Gasteiger partial charge in [0.2, 0.25) is 0 Å². The van der Waals surface area contributed by atoms with Gasteiger partial charge in [-0.15, -0.1) is 11.8 Å². The van der Waals surface area contributed by atoms with Crippen LogP contribution in [0.4, 0.5) is 5.13 Å². The predicted molar refractivity (Wildman–Crippen MR) is 92.3 cm³/mol. The molecule has 0 saturated heterocycles. The number of hydrogen-bond donors (Lipinski definition) is 1. The van der Waals surface area contributed by atoms with Crippen LogP contribution in [-0.4, -0.2) is 9.97 Å². The monoisotopic (exact) mass is 335 g/mol. The first-order valence-corrected chi connectivity index (χ1v) is 8.63. The maximum Gasteiger partial charge on any atom is 0.181 e. The van der Waals surface area contributed by atoms with Crippen molar-refractivity contribution >= 4 is 50.7 Å². The van der Waals surface area contributed by atoms with E-state index < -0.39 is 0 Å². The van der Waals surface area contributed by atoms with Gasteiger partial charge in [-0.05, 0) is 25.5 Å². The van der Waals surface area contributed by atoms with Gasteiger partial charge in [0, 0.05) is 11.1 Å². The molecule has 0 aliphatic rings. The molecule has 0 amide bonds. The zero-order valence-electron chi connectivity index (χ0n) is 11.7. The molecule has 6 heteroatoms. The molecule has 2 N–H and O–H groups in total. The second kappa shape index (κ2) is 5.83. The van der Waals surface area contributed by atoms with Crippen molar-refractivity contribution in [2.75, 3.05) is 5.73 Å². The van der Waals surface area contributed by atoms with E-state index in [1.165, 1.54) is 11.3 Å². The van der Waals surface area contributed by atoms with Crippen LogP contribution in [0.25, 0.3) is 10.9 Å². The highest BCUT2D eigenvalue weighted by Crippen LogP contribution is 2.35. The fourth-order valence-corrected chi connectivity index (χ4v) is 4.44. The summed E-state index contributed by atoms with van der Waals surface area (Å²) >= 11 is 9.66. The Morgan fingerprint density at radius 2 is 2.00 bits per heavy atom. The minimum atomic E-state index is 0.601. The summed E-state index contributed by atoms with van der Waals surface area (Å²) in [5, 5.41) is 2.45. The average Bonchev–Trinajstić information content (AvgIpc) is 2.79. The Morgan fingerprint density at radius 3 is 2.71 bits per heavy atom. The molecule has 0 fully saturated rings. The maximum absolute atomic E-state index is 6.47. The summed E-state index contributed by atoms with van der Waals surface area (Å²) in [5.41, 5.74) is 9.67. The van der Waals surface area contributed by atoms with Gasteiger partial charge in [0.25, 0.3) is 0 Å².